The third kappa shape index (κ3) is 2.68. The smallest absolute Gasteiger partial charge is 0.331 e. The lowest BCUT2D eigenvalue weighted by molar-refractivity contribution is -0.147. The van der Waals surface area contributed by atoms with Crippen LogP contribution in [0, 0.1) is 6.92 Å². The molecule has 0 amide bonds. The van der Waals surface area contributed by atoms with Crippen molar-refractivity contribution in [2.45, 2.75) is 33.2 Å². The van der Waals surface area contributed by atoms with E-state index in [1.54, 1.807) is 20.0 Å². The van der Waals surface area contributed by atoms with E-state index in [2.05, 4.69) is 5.10 Å². The molecule has 1 heterocycles. The first-order valence-corrected chi connectivity index (χ1v) is 5.32. The van der Waals surface area contributed by atoms with Gasteiger partial charge in [-0.25, -0.2) is 9.48 Å². The first kappa shape index (κ1) is 12.4. The summed E-state index contributed by atoms with van der Waals surface area (Å²) in [6.45, 7) is 5.63. The monoisotopic (exact) mass is 224 g/mol. The lowest BCUT2D eigenvalue weighted by Crippen LogP contribution is -2.32. The highest BCUT2D eigenvalue weighted by atomic mass is 16.5. The highest BCUT2D eigenvalue weighted by Crippen LogP contribution is 2.09. The summed E-state index contributed by atoms with van der Waals surface area (Å²) in [6, 6.07) is 0.822. The number of esters is 1. The first-order valence-electron chi connectivity index (χ1n) is 5.32. The van der Waals surface area contributed by atoms with Crippen molar-refractivity contribution in [1.29, 1.82) is 0 Å². The van der Waals surface area contributed by atoms with Crippen LogP contribution in [0.1, 0.15) is 31.9 Å². The Morgan fingerprint density at radius 1 is 1.56 bits per heavy atom. The molecule has 16 heavy (non-hydrogen) atoms. The number of aromatic nitrogens is 2. The number of hydrogen-bond donors (Lipinski definition) is 0. The molecule has 1 unspecified atom stereocenters. The van der Waals surface area contributed by atoms with Crippen molar-refractivity contribution in [3.8, 4) is 0 Å². The van der Waals surface area contributed by atoms with Crippen LogP contribution in [0.5, 0.6) is 0 Å². The molecule has 0 spiro atoms. The number of nitrogens with zero attached hydrogens (tertiary/aromatic N) is 2. The standard InChI is InChI=1S/C11H16N2O3/c1-4-9(11(15)16-5-2)13-10(14)6-8(3)7-12-13/h6-7,9H,4-5H2,1-3H3. The van der Waals surface area contributed by atoms with E-state index in [1.807, 2.05) is 6.92 Å². The average Bonchev–Trinajstić information content (AvgIpc) is 2.22. The summed E-state index contributed by atoms with van der Waals surface area (Å²) in [7, 11) is 0. The van der Waals surface area contributed by atoms with E-state index in [9.17, 15) is 9.59 Å². The molecular weight excluding hydrogens is 208 g/mol. The van der Waals surface area contributed by atoms with Crippen LogP contribution in [0.25, 0.3) is 0 Å². The van der Waals surface area contributed by atoms with Crippen molar-refractivity contribution < 1.29 is 9.53 Å². The van der Waals surface area contributed by atoms with Gasteiger partial charge in [-0.15, -0.1) is 0 Å². The van der Waals surface area contributed by atoms with Gasteiger partial charge in [-0.1, -0.05) is 6.92 Å². The number of aryl methyl sites for hydroxylation is 1. The molecule has 0 saturated heterocycles. The minimum absolute atomic E-state index is 0.278. The van der Waals surface area contributed by atoms with E-state index >= 15 is 0 Å². The zero-order chi connectivity index (χ0) is 12.1. The molecule has 1 atom stereocenters. The number of rotatable bonds is 4. The SMILES string of the molecule is CCOC(=O)C(CC)n1ncc(C)cc1=O. The minimum atomic E-state index is -0.631. The van der Waals surface area contributed by atoms with E-state index in [-0.39, 0.29) is 5.56 Å². The molecule has 0 N–H and O–H groups in total. The van der Waals surface area contributed by atoms with Crippen molar-refractivity contribution in [3.63, 3.8) is 0 Å². The van der Waals surface area contributed by atoms with Gasteiger partial charge in [-0.2, -0.15) is 5.10 Å². The predicted octanol–water partition coefficient (Wildman–Crippen LogP) is 1.07. The number of carbonyl (C=O) groups is 1. The lowest BCUT2D eigenvalue weighted by atomic mass is 10.2. The van der Waals surface area contributed by atoms with Crippen LogP contribution in [-0.4, -0.2) is 22.4 Å². The number of ether oxygens (including phenoxy) is 1. The lowest BCUT2D eigenvalue weighted by Gasteiger charge is -2.14. The third-order valence-electron chi connectivity index (χ3n) is 2.20. The van der Waals surface area contributed by atoms with Gasteiger partial charge in [0.2, 0.25) is 0 Å². The van der Waals surface area contributed by atoms with Crippen molar-refractivity contribution in [1.82, 2.24) is 9.78 Å². The fourth-order valence-corrected chi connectivity index (χ4v) is 1.42. The third-order valence-corrected chi connectivity index (χ3v) is 2.20. The molecule has 5 heteroatoms. The van der Waals surface area contributed by atoms with Gasteiger partial charge in [0.1, 0.15) is 0 Å². The molecule has 1 aromatic heterocycles. The molecular formula is C11H16N2O3. The molecule has 0 radical (unpaired) electrons. The molecule has 1 rings (SSSR count). The second kappa shape index (κ2) is 5.44. The maximum Gasteiger partial charge on any atom is 0.331 e. The van der Waals surface area contributed by atoms with Crippen LogP contribution in [0.15, 0.2) is 17.1 Å². The van der Waals surface area contributed by atoms with Gasteiger partial charge in [0.15, 0.2) is 6.04 Å². The summed E-state index contributed by atoms with van der Waals surface area (Å²) >= 11 is 0. The normalized spacial score (nSPS) is 12.2. The Morgan fingerprint density at radius 2 is 2.25 bits per heavy atom. The molecule has 88 valence electrons. The Hall–Kier alpha value is -1.65. The van der Waals surface area contributed by atoms with Gasteiger partial charge in [0.05, 0.1) is 12.8 Å². The maximum atomic E-state index is 11.6. The topological polar surface area (TPSA) is 61.2 Å². The molecule has 0 saturated carbocycles. The van der Waals surface area contributed by atoms with E-state index in [0.717, 1.165) is 5.56 Å². The molecule has 0 aliphatic heterocycles. The van der Waals surface area contributed by atoms with Crippen molar-refractivity contribution in [2.75, 3.05) is 6.61 Å². The number of hydrogen-bond acceptors (Lipinski definition) is 4. The fourth-order valence-electron chi connectivity index (χ4n) is 1.42. The van der Waals surface area contributed by atoms with Crippen LogP contribution < -0.4 is 5.56 Å². The summed E-state index contributed by atoms with van der Waals surface area (Å²) in [5, 5.41) is 3.96. The Kier molecular flexibility index (Phi) is 4.22. The molecule has 0 aliphatic carbocycles. The van der Waals surface area contributed by atoms with E-state index < -0.39 is 12.0 Å². The van der Waals surface area contributed by atoms with Crippen LogP contribution in [-0.2, 0) is 9.53 Å². The Morgan fingerprint density at radius 3 is 2.75 bits per heavy atom. The van der Waals surface area contributed by atoms with Crippen molar-refractivity contribution in [3.05, 3.63) is 28.2 Å². The van der Waals surface area contributed by atoms with Crippen LogP contribution in [0.2, 0.25) is 0 Å². The second-order valence-electron chi connectivity index (χ2n) is 3.49. The highest BCUT2D eigenvalue weighted by molar-refractivity contribution is 5.73. The summed E-state index contributed by atoms with van der Waals surface area (Å²) in [5.74, 6) is -0.413. The maximum absolute atomic E-state index is 11.6. The molecule has 0 aliphatic rings. The summed E-state index contributed by atoms with van der Waals surface area (Å²) in [4.78, 5) is 23.2. The quantitative estimate of drug-likeness (QED) is 0.718. The van der Waals surface area contributed by atoms with Crippen molar-refractivity contribution in [2.24, 2.45) is 0 Å². The van der Waals surface area contributed by atoms with E-state index in [0.29, 0.717) is 13.0 Å². The van der Waals surface area contributed by atoms with Crippen LogP contribution >= 0.6 is 0 Å². The first-order chi connectivity index (χ1) is 7.60. The summed E-state index contributed by atoms with van der Waals surface area (Å²) in [5.41, 5.74) is 0.500. The zero-order valence-electron chi connectivity index (χ0n) is 9.77. The average molecular weight is 224 g/mol. The largest absolute Gasteiger partial charge is 0.464 e. The fraction of sp³-hybridized carbons (Fsp3) is 0.545. The van der Waals surface area contributed by atoms with Gasteiger partial charge in [-0.05, 0) is 25.8 Å². The molecule has 5 nitrogen and oxygen atoms in total. The van der Waals surface area contributed by atoms with Crippen LogP contribution in [0.4, 0.5) is 0 Å². The van der Waals surface area contributed by atoms with Gasteiger partial charge >= 0.3 is 5.97 Å². The zero-order valence-corrected chi connectivity index (χ0v) is 9.77. The Labute approximate surface area is 94.0 Å². The number of carbonyl (C=O) groups excluding carboxylic acids is 1. The molecule has 1 aromatic rings. The van der Waals surface area contributed by atoms with Gasteiger partial charge in [0.25, 0.3) is 5.56 Å². The summed E-state index contributed by atoms with van der Waals surface area (Å²) in [6.07, 6.45) is 2.04. The highest BCUT2D eigenvalue weighted by Gasteiger charge is 2.21. The molecule has 0 aromatic carbocycles. The molecule has 0 fully saturated rings. The second-order valence-corrected chi connectivity index (χ2v) is 3.49. The van der Waals surface area contributed by atoms with E-state index in [1.165, 1.54) is 10.7 Å². The predicted molar refractivity (Wildman–Crippen MR) is 59.2 cm³/mol. The van der Waals surface area contributed by atoms with Crippen LogP contribution in [0.3, 0.4) is 0 Å². The van der Waals surface area contributed by atoms with Crippen molar-refractivity contribution >= 4 is 5.97 Å². The van der Waals surface area contributed by atoms with Gasteiger partial charge in [-0.3, -0.25) is 4.79 Å². The minimum Gasteiger partial charge on any atom is -0.464 e. The summed E-state index contributed by atoms with van der Waals surface area (Å²) < 4.78 is 6.07. The van der Waals surface area contributed by atoms with Gasteiger partial charge < -0.3 is 4.74 Å². The van der Waals surface area contributed by atoms with E-state index in [4.69, 9.17) is 4.74 Å². The Balaban J connectivity index is 3.04. The molecule has 0 bridgehead atoms. The Bertz CT molecular complexity index is 425. The van der Waals surface area contributed by atoms with Gasteiger partial charge in [0, 0.05) is 6.07 Å².